The Hall–Kier alpha value is -1.88. The van der Waals surface area contributed by atoms with Crippen LogP contribution >= 0.6 is 0 Å². The van der Waals surface area contributed by atoms with Gasteiger partial charge >= 0.3 is 0 Å². The molecule has 1 fully saturated rings. The summed E-state index contributed by atoms with van der Waals surface area (Å²) in [5, 5.41) is 0. The molecule has 1 aliphatic rings. The molecule has 0 unspecified atom stereocenters. The summed E-state index contributed by atoms with van der Waals surface area (Å²) in [6.07, 6.45) is 0. The van der Waals surface area contributed by atoms with E-state index in [2.05, 4.69) is 0 Å². The summed E-state index contributed by atoms with van der Waals surface area (Å²) in [5.41, 5.74) is 1.03. The van der Waals surface area contributed by atoms with E-state index >= 15 is 0 Å². The van der Waals surface area contributed by atoms with Crippen molar-refractivity contribution < 1.29 is 14.3 Å². The fourth-order valence-corrected chi connectivity index (χ4v) is 2.27. The second-order valence-electron chi connectivity index (χ2n) is 5.00. The highest BCUT2D eigenvalue weighted by molar-refractivity contribution is 5.88. The first-order valence-electron chi connectivity index (χ1n) is 6.75. The van der Waals surface area contributed by atoms with E-state index < -0.39 is 6.04 Å². The maximum absolute atomic E-state index is 12.1. The van der Waals surface area contributed by atoms with E-state index in [-0.39, 0.29) is 18.4 Å². The van der Waals surface area contributed by atoms with Crippen molar-refractivity contribution >= 4 is 11.8 Å². The number of hydrogen-bond acceptors (Lipinski definition) is 3. The molecule has 108 valence electrons. The molecule has 0 aromatic heterocycles. The molecule has 1 saturated heterocycles. The molecule has 1 atom stereocenters. The number of nitrogens with zero attached hydrogens (tertiary/aromatic N) is 2. The van der Waals surface area contributed by atoms with Gasteiger partial charge in [0.2, 0.25) is 11.8 Å². The van der Waals surface area contributed by atoms with Gasteiger partial charge in [0, 0.05) is 20.1 Å². The van der Waals surface area contributed by atoms with Crippen LogP contribution in [-0.4, -0.2) is 54.4 Å². The van der Waals surface area contributed by atoms with E-state index in [1.165, 1.54) is 0 Å². The van der Waals surface area contributed by atoms with Gasteiger partial charge in [-0.05, 0) is 12.5 Å². The molecule has 0 bridgehead atoms. The predicted molar refractivity (Wildman–Crippen MR) is 74.9 cm³/mol. The second kappa shape index (κ2) is 6.52. The van der Waals surface area contributed by atoms with Gasteiger partial charge in [0.25, 0.3) is 0 Å². The fraction of sp³-hybridized carbons (Fsp3) is 0.467. The van der Waals surface area contributed by atoms with Gasteiger partial charge in [-0.1, -0.05) is 30.3 Å². The zero-order valence-electron chi connectivity index (χ0n) is 11.9. The Bertz CT molecular complexity index is 475. The first-order valence-corrected chi connectivity index (χ1v) is 6.75. The molecule has 1 heterocycles. The van der Waals surface area contributed by atoms with Crippen molar-refractivity contribution in [1.29, 1.82) is 0 Å². The molecule has 1 aliphatic heterocycles. The first-order chi connectivity index (χ1) is 9.59. The van der Waals surface area contributed by atoms with Crippen molar-refractivity contribution in [2.45, 2.75) is 19.6 Å². The third-order valence-electron chi connectivity index (χ3n) is 3.53. The van der Waals surface area contributed by atoms with Crippen LogP contribution in [0.15, 0.2) is 30.3 Å². The number of piperazine rings is 1. The van der Waals surface area contributed by atoms with Crippen molar-refractivity contribution in [2.75, 3.05) is 26.7 Å². The van der Waals surface area contributed by atoms with Crippen molar-refractivity contribution in [3.8, 4) is 0 Å². The van der Waals surface area contributed by atoms with Crippen molar-refractivity contribution in [1.82, 2.24) is 9.80 Å². The minimum Gasteiger partial charge on any atom is -0.367 e. The maximum Gasteiger partial charge on any atom is 0.249 e. The van der Waals surface area contributed by atoms with E-state index in [0.29, 0.717) is 19.7 Å². The lowest BCUT2D eigenvalue weighted by molar-refractivity contribution is -0.152. The molecular formula is C15H20N2O3. The third kappa shape index (κ3) is 3.36. The zero-order chi connectivity index (χ0) is 14.5. The van der Waals surface area contributed by atoms with E-state index in [1.54, 1.807) is 23.8 Å². The summed E-state index contributed by atoms with van der Waals surface area (Å²) in [5.74, 6) is -0.150. The molecule has 2 amide bonds. The SMILES string of the molecule is C[C@H]1C(=O)N(C)CCN1C(=O)COCc1ccccc1. The average molecular weight is 276 g/mol. The summed E-state index contributed by atoms with van der Waals surface area (Å²) in [6.45, 7) is 3.32. The highest BCUT2D eigenvalue weighted by atomic mass is 16.5. The first kappa shape index (κ1) is 14.5. The highest BCUT2D eigenvalue weighted by Crippen LogP contribution is 2.10. The molecule has 0 radical (unpaired) electrons. The molecule has 5 nitrogen and oxygen atoms in total. The Morgan fingerprint density at radius 1 is 1.30 bits per heavy atom. The van der Waals surface area contributed by atoms with E-state index in [1.807, 2.05) is 30.3 Å². The molecule has 0 saturated carbocycles. The summed E-state index contributed by atoms with van der Waals surface area (Å²) >= 11 is 0. The molecule has 2 rings (SSSR count). The van der Waals surface area contributed by atoms with Gasteiger partial charge in [-0.2, -0.15) is 0 Å². The minimum atomic E-state index is -0.401. The zero-order valence-corrected chi connectivity index (χ0v) is 11.9. The van der Waals surface area contributed by atoms with E-state index in [9.17, 15) is 9.59 Å². The standard InChI is InChI=1S/C15H20N2O3/c1-12-15(19)16(2)8-9-17(12)14(18)11-20-10-13-6-4-3-5-7-13/h3-7,12H,8-11H2,1-2H3/t12-/m0/s1. The molecule has 1 aromatic rings. The molecule has 0 aliphatic carbocycles. The van der Waals surface area contributed by atoms with Crippen LogP contribution in [0.2, 0.25) is 0 Å². The van der Waals surface area contributed by atoms with Crippen LogP contribution in [0.4, 0.5) is 0 Å². The number of amides is 2. The molecule has 5 heteroatoms. The van der Waals surface area contributed by atoms with Crippen LogP contribution in [-0.2, 0) is 20.9 Å². The average Bonchev–Trinajstić information content (AvgIpc) is 2.46. The Labute approximate surface area is 119 Å². The number of hydrogen-bond donors (Lipinski definition) is 0. The fourth-order valence-electron chi connectivity index (χ4n) is 2.27. The van der Waals surface area contributed by atoms with Gasteiger partial charge in [0.05, 0.1) is 6.61 Å². The Morgan fingerprint density at radius 2 is 2.00 bits per heavy atom. The monoisotopic (exact) mass is 276 g/mol. The number of carbonyl (C=O) groups is 2. The summed E-state index contributed by atoms with van der Waals surface area (Å²) in [7, 11) is 1.76. The van der Waals surface area contributed by atoms with Crippen LogP contribution in [0.25, 0.3) is 0 Å². The quantitative estimate of drug-likeness (QED) is 0.820. The lowest BCUT2D eigenvalue weighted by Crippen LogP contribution is -2.57. The van der Waals surface area contributed by atoms with E-state index in [4.69, 9.17) is 4.74 Å². The third-order valence-corrected chi connectivity index (χ3v) is 3.53. The van der Waals surface area contributed by atoms with Gasteiger partial charge in [-0.15, -0.1) is 0 Å². The largest absolute Gasteiger partial charge is 0.367 e. The Kier molecular flexibility index (Phi) is 4.74. The number of benzene rings is 1. The van der Waals surface area contributed by atoms with Crippen LogP contribution in [0, 0.1) is 0 Å². The number of rotatable bonds is 4. The molecule has 0 N–H and O–H groups in total. The Balaban J connectivity index is 1.81. The van der Waals surface area contributed by atoms with Gasteiger partial charge in [-0.3, -0.25) is 9.59 Å². The molecule has 0 spiro atoms. The number of carbonyl (C=O) groups excluding carboxylic acids is 2. The minimum absolute atomic E-state index is 0.0101. The molecule has 1 aromatic carbocycles. The topological polar surface area (TPSA) is 49.9 Å². The molecule has 20 heavy (non-hydrogen) atoms. The lowest BCUT2D eigenvalue weighted by atomic mass is 10.2. The summed E-state index contributed by atoms with van der Waals surface area (Å²) < 4.78 is 5.43. The van der Waals surface area contributed by atoms with Crippen LogP contribution in [0.1, 0.15) is 12.5 Å². The van der Waals surface area contributed by atoms with Gasteiger partial charge in [-0.25, -0.2) is 0 Å². The normalized spacial score (nSPS) is 19.3. The van der Waals surface area contributed by atoms with Gasteiger partial charge in [0.15, 0.2) is 0 Å². The van der Waals surface area contributed by atoms with E-state index in [0.717, 1.165) is 5.56 Å². The van der Waals surface area contributed by atoms with Gasteiger partial charge < -0.3 is 14.5 Å². The van der Waals surface area contributed by atoms with Crippen molar-refractivity contribution in [3.05, 3.63) is 35.9 Å². The van der Waals surface area contributed by atoms with Crippen molar-refractivity contribution in [2.24, 2.45) is 0 Å². The van der Waals surface area contributed by atoms with Crippen molar-refractivity contribution in [3.63, 3.8) is 0 Å². The predicted octanol–water partition coefficient (Wildman–Crippen LogP) is 0.892. The second-order valence-corrected chi connectivity index (χ2v) is 5.00. The van der Waals surface area contributed by atoms with Crippen LogP contribution < -0.4 is 0 Å². The van der Waals surface area contributed by atoms with Gasteiger partial charge in [0.1, 0.15) is 12.6 Å². The highest BCUT2D eigenvalue weighted by Gasteiger charge is 2.32. The maximum atomic E-state index is 12.1. The summed E-state index contributed by atoms with van der Waals surface area (Å²) in [6, 6.07) is 9.30. The smallest absolute Gasteiger partial charge is 0.249 e. The Morgan fingerprint density at radius 3 is 2.70 bits per heavy atom. The lowest BCUT2D eigenvalue weighted by Gasteiger charge is -2.37. The number of ether oxygens (including phenoxy) is 1. The summed E-state index contributed by atoms with van der Waals surface area (Å²) in [4.78, 5) is 27.2. The number of likely N-dealkylation sites (N-methyl/N-ethyl adjacent to an activating group) is 1. The van der Waals surface area contributed by atoms with Crippen LogP contribution in [0.3, 0.4) is 0 Å². The molecular weight excluding hydrogens is 256 g/mol. The van der Waals surface area contributed by atoms with Crippen LogP contribution in [0.5, 0.6) is 0 Å².